The number of aromatic nitrogens is 3. The normalized spacial score (nSPS) is 17.2. The maximum atomic E-state index is 13.2. The van der Waals surface area contributed by atoms with Crippen LogP contribution in [0.1, 0.15) is 25.7 Å². The molecular formula is C32H36N8O3S2. The molecule has 3 aliphatic rings. The van der Waals surface area contributed by atoms with Gasteiger partial charge in [-0.05, 0) is 49.9 Å². The van der Waals surface area contributed by atoms with Gasteiger partial charge in [-0.15, -0.1) is 11.3 Å². The van der Waals surface area contributed by atoms with Gasteiger partial charge in [0.05, 0.1) is 15.5 Å². The van der Waals surface area contributed by atoms with Crippen LogP contribution in [0.15, 0.2) is 75.8 Å². The molecule has 1 N–H and O–H groups in total. The van der Waals surface area contributed by atoms with Crippen molar-refractivity contribution in [2.24, 2.45) is 0 Å². The van der Waals surface area contributed by atoms with Gasteiger partial charge < -0.3 is 19.6 Å². The van der Waals surface area contributed by atoms with Gasteiger partial charge in [0.15, 0.2) is 5.13 Å². The summed E-state index contributed by atoms with van der Waals surface area (Å²) < 4.78 is 25.8. The average molecular weight is 645 g/mol. The molecule has 5 heterocycles. The van der Waals surface area contributed by atoms with Gasteiger partial charge in [0, 0.05) is 69.4 Å². The number of nitrogens with one attached hydrogen (secondary N) is 1. The molecule has 3 aliphatic heterocycles. The maximum absolute atomic E-state index is 13.2. The predicted molar refractivity (Wildman–Crippen MR) is 177 cm³/mol. The van der Waals surface area contributed by atoms with Gasteiger partial charge in [-0.3, -0.25) is 5.32 Å². The zero-order valence-corrected chi connectivity index (χ0v) is 26.6. The minimum atomic E-state index is -3.59. The van der Waals surface area contributed by atoms with Gasteiger partial charge >= 0.3 is 6.03 Å². The highest BCUT2D eigenvalue weighted by atomic mass is 32.2. The maximum Gasteiger partial charge on any atom is 0.323 e. The van der Waals surface area contributed by atoms with Gasteiger partial charge in [-0.2, -0.15) is 9.97 Å². The van der Waals surface area contributed by atoms with E-state index in [4.69, 9.17) is 9.97 Å². The largest absolute Gasteiger partial charge is 0.356 e. The summed E-state index contributed by atoms with van der Waals surface area (Å²) in [6.07, 6.45) is 4.73. The molecule has 234 valence electrons. The van der Waals surface area contributed by atoms with Crippen molar-refractivity contribution in [1.82, 2.24) is 19.9 Å². The number of urea groups is 1. The highest BCUT2D eigenvalue weighted by Crippen LogP contribution is 2.30. The molecule has 3 saturated heterocycles. The minimum absolute atomic E-state index is 0.182. The molecule has 11 nitrogen and oxygen atoms in total. The molecule has 45 heavy (non-hydrogen) atoms. The lowest BCUT2D eigenvalue weighted by molar-refractivity contribution is 0.208. The number of sulfone groups is 1. The Morgan fingerprint density at radius 1 is 0.689 bits per heavy atom. The van der Waals surface area contributed by atoms with E-state index in [2.05, 4.69) is 31.1 Å². The summed E-state index contributed by atoms with van der Waals surface area (Å²) in [4.78, 5) is 36.9. The Morgan fingerprint density at radius 3 is 1.91 bits per heavy atom. The number of nitrogens with zero attached hydrogens (tertiary/aromatic N) is 7. The first-order valence-electron chi connectivity index (χ1n) is 15.5. The van der Waals surface area contributed by atoms with Crippen LogP contribution >= 0.6 is 11.3 Å². The van der Waals surface area contributed by atoms with Crippen molar-refractivity contribution >= 4 is 49.9 Å². The van der Waals surface area contributed by atoms with Crippen molar-refractivity contribution in [2.45, 2.75) is 35.5 Å². The SMILES string of the molecule is O=C(Nc1nc(-c2ccc(S(=O)(=O)c3ccccc3)cc2)cs1)N1CCN(c2cc(N3CCCC3)nc(N3CCCC3)n2)CC1. The third kappa shape index (κ3) is 6.32. The molecule has 0 spiro atoms. The van der Waals surface area contributed by atoms with Crippen molar-refractivity contribution < 1.29 is 13.2 Å². The predicted octanol–water partition coefficient (Wildman–Crippen LogP) is 4.99. The van der Waals surface area contributed by atoms with Crippen LogP contribution in [0.25, 0.3) is 11.3 Å². The Balaban J connectivity index is 0.977. The summed E-state index contributed by atoms with van der Waals surface area (Å²) in [7, 11) is -3.59. The van der Waals surface area contributed by atoms with E-state index in [-0.39, 0.29) is 15.8 Å². The van der Waals surface area contributed by atoms with Crippen molar-refractivity contribution in [1.29, 1.82) is 0 Å². The van der Waals surface area contributed by atoms with E-state index in [0.717, 1.165) is 49.3 Å². The number of rotatable bonds is 7. The third-order valence-electron chi connectivity index (χ3n) is 8.63. The van der Waals surface area contributed by atoms with Crippen LogP contribution in [0, 0.1) is 0 Å². The second kappa shape index (κ2) is 12.6. The molecule has 13 heteroatoms. The van der Waals surface area contributed by atoms with Gasteiger partial charge in [0.2, 0.25) is 15.8 Å². The number of hydrogen-bond acceptors (Lipinski definition) is 10. The van der Waals surface area contributed by atoms with Crippen LogP contribution < -0.4 is 20.0 Å². The van der Waals surface area contributed by atoms with Crippen LogP contribution in [0.2, 0.25) is 0 Å². The fourth-order valence-corrected chi connectivity index (χ4v) is 8.04. The Hall–Kier alpha value is -4.23. The van der Waals surface area contributed by atoms with Crippen LogP contribution in [-0.2, 0) is 9.84 Å². The van der Waals surface area contributed by atoms with E-state index in [1.165, 1.54) is 37.0 Å². The second-order valence-electron chi connectivity index (χ2n) is 11.6. The van der Waals surface area contributed by atoms with Crippen LogP contribution in [0.3, 0.4) is 0 Å². The zero-order chi connectivity index (χ0) is 30.8. The number of benzene rings is 2. The highest BCUT2D eigenvalue weighted by molar-refractivity contribution is 7.91. The van der Waals surface area contributed by atoms with Crippen LogP contribution in [0.5, 0.6) is 0 Å². The highest BCUT2D eigenvalue weighted by Gasteiger charge is 2.26. The zero-order valence-electron chi connectivity index (χ0n) is 25.0. The number of carbonyl (C=O) groups is 1. The Labute approximate surface area is 267 Å². The van der Waals surface area contributed by atoms with E-state index < -0.39 is 9.84 Å². The number of hydrogen-bond donors (Lipinski definition) is 1. The lowest BCUT2D eigenvalue weighted by Crippen LogP contribution is -2.50. The molecular weight excluding hydrogens is 609 g/mol. The minimum Gasteiger partial charge on any atom is -0.356 e. The molecule has 0 aliphatic carbocycles. The first-order valence-corrected chi connectivity index (χ1v) is 17.9. The number of piperazine rings is 1. The molecule has 0 saturated carbocycles. The smallest absolute Gasteiger partial charge is 0.323 e. The van der Waals surface area contributed by atoms with E-state index in [1.807, 2.05) is 10.3 Å². The number of amides is 2. The van der Waals surface area contributed by atoms with Gasteiger partial charge in [0.1, 0.15) is 11.6 Å². The van der Waals surface area contributed by atoms with E-state index >= 15 is 0 Å². The van der Waals surface area contributed by atoms with Gasteiger partial charge in [0.25, 0.3) is 0 Å². The third-order valence-corrected chi connectivity index (χ3v) is 11.2. The molecule has 0 unspecified atom stereocenters. The molecule has 0 radical (unpaired) electrons. The molecule has 7 rings (SSSR count). The molecule has 2 amide bonds. The van der Waals surface area contributed by atoms with Gasteiger partial charge in [-0.25, -0.2) is 18.2 Å². The van der Waals surface area contributed by atoms with Crippen LogP contribution in [0.4, 0.5) is 27.5 Å². The monoisotopic (exact) mass is 644 g/mol. The average Bonchev–Trinajstić information content (AvgIpc) is 3.89. The molecule has 0 bridgehead atoms. The lowest BCUT2D eigenvalue weighted by atomic mass is 10.2. The molecule has 0 atom stereocenters. The molecule has 2 aromatic heterocycles. The van der Waals surface area contributed by atoms with E-state index in [1.54, 1.807) is 54.6 Å². The topological polar surface area (TPSA) is 115 Å². The number of carbonyl (C=O) groups excluding carboxylic acids is 1. The first kappa shape index (κ1) is 29.5. The summed E-state index contributed by atoms with van der Waals surface area (Å²) in [6.45, 7) is 6.57. The first-order chi connectivity index (χ1) is 21.9. The van der Waals surface area contributed by atoms with E-state index in [0.29, 0.717) is 37.0 Å². The number of anilines is 4. The van der Waals surface area contributed by atoms with Crippen LogP contribution in [-0.4, -0.2) is 86.7 Å². The van der Waals surface area contributed by atoms with Crippen molar-refractivity contribution in [3.8, 4) is 11.3 Å². The van der Waals surface area contributed by atoms with Gasteiger partial charge in [-0.1, -0.05) is 30.3 Å². The summed E-state index contributed by atoms with van der Waals surface area (Å²) in [5.41, 5.74) is 1.45. The molecule has 2 aromatic carbocycles. The lowest BCUT2D eigenvalue weighted by Gasteiger charge is -2.35. The standard InChI is InChI=1S/C32H36N8O3S2/c41-32(36-31-33-27(23-44-31)24-10-12-26(13-11-24)45(42,43)25-8-2-1-3-9-25)40-20-18-38(19-21-40)29-22-28(37-14-4-5-15-37)34-30(35-29)39-16-6-7-17-39/h1-3,8-13,22-23H,4-7,14-21H2,(H,33,36,41). The summed E-state index contributed by atoms with van der Waals surface area (Å²) >= 11 is 1.34. The molecule has 4 aromatic rings. The van der Waals surface area contributed by atoms with Crippen molar-refractivity contribution in [3.05, 3.63) is 66.0 Å². The Bertz CT molecular complexity index is 1710. The fourth-order valence-electron chi connectivity index (χ4n) is 6.05. The molecule has 3 fully saturated rings. The van der Waals surface area contributed by atoms with Crippen molar-refractivity contribution in [2.75, 3.05) is 72.4 Å². The fraction of sp³-hybridized carbons (Fsp3) is 0.375. The Morgan fingerprint density at radius 2 is 1.27 bits per heavy atom. The summed E-state index contributed by atoms with van der Waals surface area (Å²) in [6, 6.07) is 17.0. The van der Waals surface area contributed by atoms with E-state index in [9.17, 15) is 13.2 Å². The summed E-state index contributed by atoms with van der Waals surface area (Å²) in [5.74, 6) is 2.76. The van der Waals surface area contributed by atoms with Crippen molar-refractivity contribution in [3.63, 3.8) is 0 Å². The Kier molecular flexibility index (Phi) is 8.28. The quantitative estimate of drug-likeness (QED) is 0.297. The summed E-state index contributed by atoms with van der Waals surface area (Å²) in [5, 5.41) is 5.31. The second-order valence-corrected chi connectivity index (χ2v) is 14.4. The number of thiazole rings is 1.